The van der Waals surface area contributed by atoms with Gasteiger partial charge in [0.25, 0.3) is 0 Å². The topological polar surface area (TPSA) is 204 Å². The van der Waals surface area contributed by atoms with Crippen molar-refractivity contribution < 1.29 is 134 Å². The van der Waals surface area contributed by atoms with Crippen LogP contribution in [-0.4, -0.2) is 147 Å². The maximum atomic E-state index is 13.1. The van der Waals surface area contributed by atoms with Crippen molar-refractivity contribution in [1.29, 1.82) is 0 Å². The predicted octanol–water partition coefficient (Wildman–Crippen LogP) is 6.65. The second kappa shape index (κ2) is 35.2. The number of unbranched alkanes of at least 4 members (excludes halogenated alkanes) is 14. The fourth-order valence-electron chi connectivity index (χ4n) is 7.58. The summed E-state index contributed by atoms with van der Waals surface area (Å²) in [5.74, 6) is -5.25. The molecular weight excluding hydrogens is 1120 g/mol. The van der Waals surface area contributed by atoms with Crippen molar-refractivity contribution in [2.45, 2.75) is 210 Å². The predicted molar refractivity (Wildman–Crippen MR) is 232 cm³/mol. The van der Waals surface area contributed by atoms with Gasteiger partial charge in [0.2, 0.25) is 0 Å². The molecule has 3 aliphatic heterocycles. The van der Waals surface area contributed by atoms with Gasteiger partial charge in [0.1, 0.15) is 48.7 Å². The number of rotatable bonds is 29. The molecule has 0 aromatic carbocycles. The number of halogens is 6. The van der Waals surface area contributed by atoms with Crippen molar-refractivity contribution in [3.05, 3.63) is 25.3 Å². The average Bonchev–Trinajstić information content (AvgIpc) is 3.25. The quantitative estimate of drug-likeness (QED) is 0.0353. The number of alkyl halides is 6. The summed E-state index contributed by atoms with van der Waals surface area (Å²) in [5.41, 5.74) is 0. The van der Waals surface area contributed by atoms with E-state index in [0.29, 0.717) is 13.0 Å². The van der Waals surface area contributed by atoms with Gasteiger partial charge in [-0.15, -0.1) is 13.2 Å². The summed E-state index contributed by atoms with van der Waals surface area (Å²) in [4.78, 5) is 23.3. The summed E-state index contributed by atoms with van der Waals surface area (Å²) in [6.07, 6.45) is 1.27. The van der Waals surface area contributed by atoms with E-state index < -0.39 is 97.8 Å². The molecule has 67 heavy (non-hydrogen) atoms. The number of carbonyl (C=O) groups excluding carboxylic acids is 2. The Kier molecular flexibility index (Phi) is 34.7. The Morgan fingerprint density at radius 1 is 0.687 bits per heavy atom. The van der Waals surface area contributed by atoms with Crippen molar-refractivity contribution in [3.8, 4) is 0 Å². The first-order valence-corrected chi connectivity index (χ1v) is 23.2. The van der Waals surface area contributed by atoms with Crippen molar-refractivity contribution in [3.63, 3.8) is 0 Å². The molecular formula is C45H78AcF6N2O13. The van der Waals surface area contributed by atoms with Crippen molar-refractivity contribution in [1.82, 2.24) is 10.6 Å². The summed E-state index contributed by atoms with van der Waals surface area (Å²) in [5, 5.41) is 23.8. The number of aliphatic hydroxyl groups is 2. The molecule has 0 aliphatic carbocycles. The molecule has 3 rings (SSSR count). The first kappa shape index (κ1) is 66.0. The van der Waals surface area contributed by atoms with Crippen molar-refractivity contribution in [2.75, 3.05) is 39.6 Å². The number of hydrogen-bond acceptors (Lipinski definition) is 12. The number of fused-ring (bicyclic) bond motifs is 1. The molecule has 0 spiro atoms. The van der Waals surface area contributed by atoms with Crippen LogP contribution in [0, 0.1) is 44.1 Å². The average molecular weight is 1200 g/mol. The number of carbonyl (C=O) groups is 2. The third kappa shape index (κ3) is 24.8. The van der Waals surface area contributed by atoms with Crippen LogP contribution in [0.3, 0.4) is 0 Å². The van der Waals surface area contributed by atoms with Crippen LogP contribution in [0.1, 0.15) is 130 Å². The van der Waals surface area contributed by atoms with Crippen LogP contribution >= 0.6 is 0 Å². The molecule has 391 valence electrons. The van der Waals surface area contributed by atoms with Gasteiger partial charge in [-0.05, 0) is 26.7 Å². The van der Waals surface area contributed by atoms with Crippen LogP contribution in [0.5, 0.6) is 0 Å². The molecule has 15 nitrogen and oxygen atoms in total. The molecule has 0 aromatic rings. The zero-order valence-electron chi connectivity index (χ0n) is 39.7. The molecule has 1 radical (unpaired) electrons. The van der Waals surface area contributed by atoms with Crippen molar-refractivity contribution >= 4 is 11.8 Å². The standard InChI is InChI=1S/C24H40F3NO6.C21H36F3NO6.Ac.H2O/c1-5-7-8-9-10-11-12-13-15-30-20-18(28-22(29)24(25,26)27)21(31-14-6-2)33-17-16-32-23(3,4)34-19(17)20;1-3-5-6-7-8-9-10-11-13-29-18-16(25-20(28)21(22,23)24)19(30-12-4-2)31-15(14-26)17(18)27;;/h6,17-21H,2,5,7-16H2,1,3-4H3,(H,28,29);4,15-19,26-27H,2-3,5-14H2,1H3,(H,25,28);;1H2. The Bertz CT molecular complexity index is 1360. The van der Waals surface area contributed by atoms with E-state index in [1.54, 1.807) is 13.8 Å². The second-order valence-electron chi connectivity index (χ2n) is 16.9. The van der Waals surface area contributed by atoms with Crippen LogP contribution in [0.15, 0.2) is 25.3 Å². The maximum Gasteiger partial charge on any atom is 0.471 e. The maximum absolute atomic E-state index is 13.1. The number of amides is 2. The van der Waals surface area contributed by atoms with Crippen LogP contribution in [0.2, 0.25) is 0 Å². The van der Waals surface area contributed by atoms with Gasteiger partial charge in [0, 0.05) is 57.3 Å². The molecule has 3 heterocycles. The smallest absolute Gasteiger partial charge is 0.412 e. The molecule has 3 saturated heterocycles. The van der Waals surface area contributed by atoms with Gasteiger partial charge in [-0.25, -0.2) is 0 Å². The Balaban J connectivity index is 0.00000127. The summed E-state index contributed by atoms with van der Waals surface area (Å²) < 4.78 is 123. The molecule has 10 unspecified atom stereocenters. The monoisotopic (exact) mass is 1200 g/mol. The Labute approximate surface area is 428 Å². The first-order valence-electron chi connectivity index (χ1n) is 23.2. The minimum atomic E-state index is -5.12. The van der Waals surface area contributed by atoms with Gasteiger partial charge in [0.05, 0.1) is 26.4 Å². The van der Waals surface area contributed by atoms with Crippen LogP contribution < -0.4 is 10.6 Å². The van der Waals surface area contributed by atoms with Crippen molar-refractivity contribution in [2.24, 2.45) is 0 Å². The number of nitrogens with one attached hydrogen (secondary N) is 2. The fraction of sp³-hybridized carbons (Fsp3) is 0.867. The van der Waals surface area contributed by atoms with Gasteiger partial charge >= 0.3 is 24.2 Å². The van der Waals surface area contributed by atoms with Gasteiger partial charge < -0.3 is 64.2 Å². The molecule has 6 N–H and O–H groups in total. The zero-order chi connectivity index (χ0) is 48.5. The minimum absolute atomic E-state index is 0. The normalized spacial score (nSPS) is 26.9. The first-order chi connectivity index (χ1) is 30.8. The Morgan fingerprint density at radius 2 is 1.09 bits per heavy atom. The van der Waals surface area contributed by atoms with E-state index in [1.807, 2.05) is 10.6 Å². The molecule has 0 saturated carbocycles. The molecule has 22 heteroatoms. The summed E-state index contributed by atoms with van der Waals surface area (Å²) in [6.45, 7) is 14.8. The third-order valence-electron chi connectivity index (χ3n) is 11.0. The van der Waals surface area contributed by atoms with E-state index in [-0.39, 0.29) is 76.0 Å². The summed E-state index contributed by atoms with van der Waals surface area (Å²) >= 11 is 0. The molecule has 3 fully saturated rings. The van der Waals surface area contributed by atoms with E-state index in [0.717, 1.165) is 44.9 Å². The van der Waals surface area contributed by atoms with Crippen LogP contribution in [-0.2, 0) is 47.5 Å². The van der Waals surface area contributed by atoms with E-state index in [4.69, 9.17) is 37.9 Å². The number of aliphatic hydroxyl groups excluding tert-OH is 2. The molecule has 0 aromatic heterocycles. The van der Waals surface area contributed by atoms with E-state index >= 15 is 0 Å². The van der Waals surface area contributed by atoms with E-state index in [9.17, 15) is 46.1 Å². The van der Waals surface area contributed by atoms with Crippen LogP contribution in [0.4, 0.5) is 26.3 Å². The van der Waals surface area contributed by atoms with Crippen LogP contribution in [0.25, 0.3) is 0 Å². The molecule has 10 atom stereocenters. The molecule has 3 aliphatic rings. The third-order valence-corrected chi connectivity index (χ3v) is 11.0. The van der Waals surface area contributed by atoms with E-state index in [1.165, 1.54) is 63.5 Å². The SMILES string of the molecule is C=CCOC1OC(CO)C(O)C(OCCCCCCCCCC)C1NC(=O)C(F)(F)F.C=CCOC1OC2COC(C)(C)OC2C(OCCCCCCCCCC)C1NC(=O)C(F)(F)F.O.[Ac]. The van der Waals surface area contributed by atoms with Gasteiger partial charge in [-0.3, -0.25) is 9.59 Å². The van der Waals surface area contributed by atoms with Gasteiger partial charge in [-0.2, -0.15) is 26.3 Å². The number of ether oxygens (including phenoxy) is 8. The number of hydrogen-bond donors (Lipinski definition) is 4. The van der Waals surface area contributed by atoms with E-state index in [2.05, 4.69) is 27.0 Å². The second-order valence-corrected chi connectivity index (χ2v) is 16.9. The Morgan fingerprint density at radius 3 is 1.51 bits per heavy atom. The molecule has 0 bridgehead atoms. The fourth-order valence-corrected chi connectivity index (χ4v) is 7.58. The largest absolute Gasteiger partial charge is 0.471 e. The zero-order valence-corrected chi connectivity index (χ0v) is 44.5. The van der Waals surface area contributed by atoms with Gasteiger partial charge in [-0.1, -0.05) is 116 Å². The minimum Gasteiger partial charge on any atom is -0.412 e. The van der Waals surface area contributed by atoms with Gasteiger partial charge in [0.15, 0.2) is 18.4 Å². The Hall–Kier alpha value is -0.998. The summed E-state index contributed by atoms with van der Waals surface area (Å²) in [6, 6.07) is -2.64. The summed E-state index contributed by atoms with van der Waals surface area (Å²) in [7, 11) is 0. The molecule has 2 amide bonds.